The zero-order valence-corrected chi connectivity index (χ0v) is 16.3. The van der Waals surface area contributed by atoms with Crippen LogP contribution in [0, 0.1) is 0 Å². The monoisotopic (exact) mass is 395 g/mol. The number of carbonyl (C=O) groups is 2. The molecule has 2 aromatic rings. The Balaban J connectivity index is 1.65. The van der Waals surface area contributed by atoms with Crippen LogP contribution in [0.2, 0.25) is 0 Å². The Morgan fingerprint density at radius 3 is 2.64 bits per heavy atom. The van der Waals surface area contributed by atoms with Gasteiger partial charge in [-0.05, 0) is 23.8 Å². The van der Waals surface area contributed by atoms with Gasteiger partial charge in [-0.2, -0.15) is 0 Å². The van der Waals surface area contributed by atoms with Crippen LogP contribution in [0.1, 0.15) is 12.0 Å². The number of rotatable bonds is 6. The van der Waals surface area contributed by atoms with Crippen molar-refractivity contribution in [1.82, 2.24) is 5.32 Å². The van der Waals surface area contributed by atoms with Gasteiger partial charge in [0.25, 0.3) is 0 Å². The first-order valence-corrected chi connectivity index (χ1v) is 9.78. The van der Waals surface area contributed by atoms with E-state index < -0.39 is 0 Å². The van der Waals surface area contributed by atoms with Gasteiger partial charge in [-0.15, -0.1) is 0 Å². The third-order valence-electron chi connectivity index (χ3n) is 3.97. The minimum Gasteiger partial charge on any atom is -0.469 e. The zero-order chi connectivity index (χ0) is 19.8. The molecule has 7 heteroatoms. The number of nitrogens with one attached hydrogen (secondary N) is 2. The number of methoxy groups -OCH3 is 1. The number of nitrogens with zero attached hydrogens (tertiary/aromatic N) is 1. The average molecular weight is 395 g/mol. The molecule has 0 bridgehead atoms. The highest BCUT2D eigenvalue weighted by Crippen LogP contribution is 2.30. The highest BCUT2D eigenvalue weighted by molar-refractivity contribution is 8.14. The summed E-state index contributed by atoms with van der Waals surface area (Å²) in [5, 5.41) is 6.78. The number of hydrogen-bond donors (Lipinski definition) is 2. The highest BCUT2D eigenvalue weighted by atomic mass is 32.2. The summed E-state index contributed by atoms with van der Waals surface area (Å²) in [6.07, 6.45) is 1.89. The lowest BCUT2D eigenvalue weighted by atomic mass is 10.2. The molecule has 1 aliphatic heterocycles. The zero-order valence-electron chi connectivity index (χ0n) is 15.5. The molecule has 1 aliphatic rings. The minimum atomic E-state index is -0.344. The number of hydrogen-bond acceptors (Lipinski definition) is 6. The number of para-hydroxylation sites is 2. The first kappa shape index (κ1) is 19.7. The number of ether oxygens (including phenoxy) is 1. The largest absolute Gasteiger partial charge is 0.469 e. The molecule has 1 heterocycles. The van der Waals surface area contributed by atoms with Crippen LogP contribution in [0.15, 0.2) is 71.4 Å². The number of aliphatic imine (C=N–C) groups is 1. The van der Waals surface area contributed by atoms with Gasteiger partial charge in [0.05, 0.1) is 35.7 Å². The van der Waals surface area contributed by atoms with Crippen LogP contribution >= 0.6 is 11.8 Å². The Morgan fingerprint density at radius 1 is 1.11 bits per heavy atom. The molecular formula is C21H21N3O3S. The quantitative estimate of drug-likeness (QED) is 0.730. The van der Waals surface area contributed by atoms with Crippen molar-refractivity contribution in [2.24, 2.45) is 4.99 Å². The number of esters is 1. The molecule has 0 atom stereocenters. The van der Waals surface area contributed by atoms with E-state index in [4.69, 9.17) is 4.74 Å². The third kappa shape index (κ3) is 5.72. The van der Waals surface area contributed by atoms with Crippen molar-refractivity contribution in [3.63, 3.8) is 0 Å². The molecule has 0 unspecified atom stereocenters. The summed E-state index contributed by atoms with van der Waals surface area (Å²) in [4.78, 5) is 28.5. The number of carbonyl (C=O) groups excluding carboxylic acids is 2. The van der Waals surface area contributed by atoms with E-state index in [1.165, 1.54) is 18.9 Å². The van der Waals surface area contributed by atoms with Crippen molar-refractivity contribution in [2.75, 3.05) is 18.2 Å². The van der Waals surface area contributed by atoms with Crippen LogP contribution in [-0.2, 0) is 20.9 Å². The standard InChI is InChI=1S/C21H21N3O3S/c1-27-21(26)12-16-11-20(24-18-10-6-5-9-17(18)23-16)28-14-19(25)22-13-15-7-3-2-4-8-15/h2-11,23H,12-14H2,1H3,(H,22,25). The SMILES string of the molecule is COC(=O)CC1=CC(SCC(=O)NCc2ccccc2)=Nc2ccccc2N1. The number of fused-ring (bicyclic) bond motifs is 1. The number of benzene rings is 2. The summed E-state index contributed by atoms with van der Waals surface area (Å²) in [6, 6.07) is 17.3. The molecule has 2 aromatic carbocycles. The molecule has 0 aliphatic carbocycles. The Bertz CT molecular complexity index is 910. The first-order chi connectivity index (χ1) is 13.6. The highest BCUT2D eigenvalue weighted by Gasteiger charge is 2.15. The van der Waals surface area contributed by atoms with Gasteiger partial charge in [0, 0.05) is 12.2 Å². The fraction of sp³-hybridized carbons (Fsp3) is 0.190. The van der Waals surface area contributed by atoms with Gasteiger partial charge in [0.2, 0.25) is 5.91 Å². The summed E-state index contributed by atoms with van der Waals surface area (Å²) in [7, 11) is 1.36. The Kier molecular flexibility index (Phi) is 6.86. The fourth-order valence-corrected chi connectivity index (χ4v) is 3.34. The maximum Gasteiger partial charge on any atom is 0.311 e. The molecule has 0 saturated carbocycles. The van der Waals surface area contributed by atoms with E-state index in [9.17, 15) is 9.59 Å². The van der Waals surface area contributed by atoms with Crippen LogP contribution in [0.3, 0.4) is 0 Å². The lowest BCUT2D eigenvalue weighted by Gasteiger charge is -2.09. The second kappa shape index (κ2) is 9.75. The van der Waals surface area contributed by atoms with Crippen molar-refractivity contribution in [3.05, 3.63) is 71.9 Å². The van der Waals surface area contributed by atoms with Crippen LogP contribution < -0.4 is 10.6 Å². The van der Waals surface area contributed by atoms with E-state index in [0.717, 1.165) is 16.9 Å². The predicted octanol–water partition coefficient (Wildman–Crippen LogP) is 3.64. The lowest BCUT2D eigenvalue weighted by Crippen LogP contribution is -2.25. The fourth-order valence-electron chi connectivity index (χ4n) is 2.57. The van der Waals surface area contributed by atoms with E-state index in [1.54, 1.807) is 6.08 Å². The first-order valence-electron chi connectivity index (χ1n) is 8.79. The molecule has 1 amide bonds. The Labute approximate surface area is 168 Å². The van der Waals surface area contributed by atoms with E-state index in [2.05, 4.69) is 15.6 Å². The molecule has 28 heavy (non-hydrogen) atoms. The minimum absolute atomic E-state index is 0.0787. The van der Waals surface area contributed by atoms with Gasteiger partial charge >= 0.3 is 5.97 Å². The van der Waals surface area contributed by atoms with Gasteiger partial charge < -0.3 is 15.4 Å². The van der Waals surface area contributed by atoms with Gasteiger partial charge in [0.1, 0.15) is 0 Å². The summed E-state index contributed by atoms with van der Waals surface area (Å²) in [5.41, 5.74) is 3.28. The van der Waals surface area contributed by atoms with Crippen LogP contribution in [0.5, 0.6) is 0 Å². The second-order valence-electron chi connectivity index (χ2n) is 6.07. The van der Waals surface area contributed by atoms with Crippen molar-refractivity contribution in [1.29, 1.82) is 0 Å². The Hall–Kier alpha value is -3.06. The summed E-state index contributed by atoms with van der Waals surface area (Å²) >= 11 is 1.33. The molecule has 0 saturated heterocycles. The molecule has 0 spiro atoms. The van der Waals surface area contributed by atoms with Gasteiger partial charge in [0.15, 0.2) is 0 Å². The van der Waals surface area contributed by atoms with Crippen molar-refractivity contribution < 1.29 is 14.3 Å². The number of amides is 1. The maximum absolute atomic E-state index is 12.2. The summed E-state index contributed by atoms with van der Waals surface area (Å²) in [5.74, 6) is -0.191. The van der Waals surface area contributed by atoms with Gasteiger partial charge in [-0.3, -0.25) is 9.59 Å². The summed E-state index contributed by atoms with van der Waals surface area (Å²) < 4.78 is 4.76. The van der Waals surface area contributed by atoms with Crippen LogP contribution in [0.4, 0.5) is 11.4 Å². The third-order valence-corrected chi connectivity index (χ3v) is 4.89. The smallest absolute Gasteiger partial charge is 0.311 e. The maximum atomic E-state index is 12.2. The van der Waals surface area contributed by atoms with E-state index in [0.29, 0.717) is 17.3 Å². The van der Waals surface area contributed by atoms with Gasteiger partial charge in [-0.1, -0.05) is 54.2 Å². The van der Waals surface area contributed by atoms with E-state index in [-0.39, 0.29) is 24.1 Å². The predicted molar refractivity (Wildman–Crippen MR) is 113 cm³/mol. The number of anilines is 1. The number of thioether (sulfide) groups is 1. The topological polar surface area (TPSA) is 79.8 Å². The molecule has 0 radical (unpaired) electrons. The van der Waals surface area contributed by atoms with Gasteiger partial charge in [-0.25, -0.2) is 4.99 Å². The molecule has 6 nitrogen and oxygen atoms in total. The lowest BCUT2D eigenvalue weighted by molar-refractivity contribution is -0.139. The average Bonchev–Trinajstić information content (AvgIpc) is 2.89. The van der Waals surface area contributed by atoms with E-state index in [1.807, 2.05) is 54.6 Å². The van der Waals surface area contributed by atoms with Crippen molar-refractivity contribution in [2.45, 2.75) is 13.0 Å². The normalized spacial score (nSPS) is 12.6. The second-order valence-corrected chi connectivity index (χ2v) is 7.06. The molecule has 2 N–H and O–H groups in total. The molecule has 144 valence electrons. The van der Waals surface area contributed by atoms with Crippen LogP contribution in [0.25, 0.3) is 0 Å². The van der Waals surface area contributed by atoms with Crippen LogP contribution in [-0.4, -0.2) is 29.8 Å². The molecular weight excluding hydrogens is 374 g/mol. The molecule has 0 aromatic heterocycles. The van der Waals surface area contributed by atoms with Crippen molar-refractivity contribution in [3.8, 4) is 0 Å². The summed E-state index contributed by atoms with van der Waals surface area (Å²) in [6.45, 7) is 0.487. The van der Waals surface area contributed by atoms with E-state index >= 15 is 0 Å². The Morgan fingerprint density at radius 2 is 1.86 bits per heavy atom. The molecule has 3 rings (SSSR count). The molecule has 0 fully saturated rings. The van der Waals surface area contributed by atoms with Crippen molar-refractivity contribution >= 4 is 40.1 Å².